The van der Waals surface area contributed by atoms with Crippen LogP contribution in [0, 0.1) is 5.82 Å². The van der Waals surface area contributed by atoms with Crippen molar-refractivity contribution in [3.63, 3.8) is 0 Å². The molecule has 11 heteroatoms. The van der Waals surface area contributed by atoms with Gasteiger partial charge in [0.05, 0.1) is 16.0 Å². The third kappa shape index (κ3) is 6.57. The highest BCUT2D eigenvalue weighted by Crippen LogP contribution is 2.42. The van der Waals surface area contributed by atoms with Crippen molar-refractivity contribution in [3.05, 3.63) is 81.7 Å². The first-order chi connectivity index (χ1) is 15.3. The summed E-state index contributed by atoms with van der Waals surface area (Å²) in [5, 5.41) is 30.0. The third-order valence-corrected chi connectivity index (χ3v) is 6.12. The molecule has 0 aliphatic rings. The Morgan fingerprint density at radius 3 is 2.18 bits per heavy atom. The maximum absolute atomic E-state index is 13.5. The van der Waals surface area contributed by atoms with E-state index >= 15 is 0 Å². The molecule has 4 N–H and O–H groups in total. The van der Waals surface area contributed by atoms with Gasteiger partial charge < -0.3 is 5.11 Å². The van der Waals surface area contributed by atoms with Crippen LogP contribution in [-0.4, -0.2) is 26.4 Å². The van der Waals surface area contributed by atoms with Gasteiger partial charge in [0.25, 0.3) is 5.03 Å². The fourth-order valence-electron chi connectivity index (χ4n) is 2.79. The summed E-state index contributed by atoms with van der Waals surface area (Å²) in [5.74, 6) is -2.02. The van der Waals surface area contributed by atoms with E-state index in [0.717, 1.165) is 29.5 Å². The Bertz CT molecular complexity index is 1080. The Kier molecular flexibility index (Phi) is 8.30. The lowest BCUT2D eigenvalue weighted by Crippen LogP contribution is -2.45. The maximum Gasteiger partial charge on any atom is 0.418 e. The summed E-state index contributed by atoms with van der Waals surface area (Å²) in [6.07, 6.45) is -3.09. The third-order valence-electron chi connectivity index (χ3n) is 4.63. The highest BCUT2D eigenvalue weighted by molar-refractivity contribution is 8.11. The van der Waals surface area contributed by atoms with E-state index in [1.165, 1.54) is 37.3 Å². The van der Waals surface area contributed by atoms with Crippen molar-refractivity contribution < 1.29 is 42.8 Å². The minimum Gasteiger partial charge on any atom is -0.478 e. The first kappa shape index (κ1) is 26.4. The number of nitrogens with zero attached hydrogens (tertiary/aromatic N) is 1. The van der Waals surface area contributed by atoms with Crippen LogP contribution in [0.2, 0.25) is 0 Å². The number of aromatic carboxylic acids is 1. The average molecular weight is 487 g/mol. The van der Waals surface area contributed by atoms with Gasteiger partial charge in [0, 0.05) is 4.91 Å². The number of hydrogen-bond donors (Lipinski definition) is 4. The maximum atomic E-state index is 13.5. The van der Waals surface area contributed by atoms with Gasteiger partial charge in [-0.15, -0.1) is 10.4 Å². The number of anilines is 1. The van der Waals surface area contributed by atoms with Crippen molar-refractivity contribution in [1.29, 1.82) is 0 Å². The highest BCUT2D eigenvalue weighted by Gasteiger charge is 2.39. The van der Waals surface area contributed by atoms with Gasteiger partial charge in [-0.1, -0.05) is 24.6 Å². The largest absolute Gasteiger partial charge is 0.478 e. The van der Waals surface area contributed by atoms with Crippen LogP contribution in [0.1, 0.15) is 48.7 Å². The molecular weight excluding hydrogens is 464 g/mol. The molecular formula is C22H23F4N2O4S+. The molecule has 0 heterocycles. The van der Waals surface area contributed by atoms with Gasteiger partial charge in [-0.2, -0.15) is 18.6 Å². The van der Waals surface area contributed by atoms with E-state index in [1.807, 2.05) is 12.3 Å². The average Bonchev–Trinajstić information content (AvgIpc) is 2.73. The molecule has 0 amide bonds. The van der Waals surface area contributed by atoms with E-state index in [9.17, 15) is 32.8 Å². The monoisotopic (exact) mass is 487 g/mol. The smallest absolute Gasteiger partial charge is 0.418 e. The molecule has 0 aromatic heterocycles. The summed E-state index contributed by atoms with van der Waals surface area (Å²) in [6.45, 7) is 5.13. The number of allylic oxidation sites excluding steroid dienone is 2. The Morgan fingerprint density at radius 2 is 1.70 bits per heavy atom. The van der Waals surface area contributed by atoms with Crippen LogP contribution in [0.15, 0.2) is 59.1 Å². The first-order valence-electron chi connectivity index (χ1n) is 9.68. The van der Waals surface area contributed by atoms with Crippen LogP contribution >= 0.6 is 11.8 Å². The van der Waals surface area contributed by atoms with Crippen LogP contribution in [-0.2, 0) is 6.18 Å². The summed E-state index contributed by atoms with van der Waals surface area (Å²) >= 11 is 0.882. The van der Waals surface area contributed by atoms with Crippen molar-refractivity contribution >= 4 is 28.3 Å². The quantitative estimate of drug-likeness (QED) is 0.184. The fourth-order valence-corrected chi connectivity index (χ4v) is 3.87. The second-order valence-corrected chi connectivity index (χ2v) is 8.01. The van der Waals surface area contributed by atoms with Crippen LogP contribution in [0.25, 0.3) is 4.91 Å². The van der Waals surface area contributed by atoms with Crippen LogP contribution in [0.4, 0.5) is 23.2 Å². The van der Waals surface area contributed by atoms with Gasteiger partial charge in [-0.05, 0) is 74.0 Å². The van der Waals surface area contributed by atoms with Gasteiger partial charge in [0.1, 0.15) is 11.5 Å². The summed E-state index contributed by atoms with van der Waals surface area (Å²) in [5.41, 5.74) is 0.680. The van der Waals surface area contributed by atoms with E-state index in [1.54, 1.807) is 6.92 Å². The van der Waals surface area contributed by atoms with Crippen molar-refractivity contribution in [2.24, 2.45) is 0 Å². The summed E-state index contributed by atoms with van der Waals surface area (Å²) in [7, 11) is 0. The lowest BCUT2D eigenvalue weighted by molar-refractivity contribution is -1.20. The number of carbonyl (C=O) groups is 1. The van der Waals surface area contributed by atoms with E-state index < -0.39 is 39.7 Å². The Hall–Kier alpha value is -2.86. The summed E-state index contributed by atoms with van der Waals surface area (Å²) in [6, 6.07) is 7.61. The molecule has 0 bridgehead atoms. The molecule has 178 valence electrons. The molecule has 0 fully saturated rings. The van der Waals surface area contributed by atoms with Gasteiger partial charge in [0.2, 0.25) is 0 Å². The Balaban J connectivity index is 2.45. The normalized spacial score (nSPS) is 13.5. The zero-order valence-electron chi connectivity index (χ0n) is 17.9. The molecule has 2 aromatic carbocycles. The zero-order valence-corrected chi connectivity index (χ0v) is 18.8. The lowest BCUT2D eigenvalue weighted by atomic mass is 10.1. The molecule has 0 aliphatic carbocycles. The number of benzene rings is 2. The minimum atomic E-state index is -4.96. The number of hydroxylamine groups is 2. The van der Waals surface area contributed by atoms with E-state index in [0.29, 0.717) is 23.0 Å². The summed E-state index contributed by atoms with van der Waals surface area (Å²) < 4.78 is 53.9. The topological polar surface area (TPSA) is 89.8 Å². The van der Waals surface area contributed by atoms with Gasteiger partial charge in [-0.25, -0.2) is 9.18 Å². The molecule has 0 aliphatic heterocycles. The first-order valence-corrected chi connectivity index (χ1v) is 10.5. The second kappa shape index (κ2) is 10.4. The second-order valence-electron chi connectivity index (χ2n) is 6.98. The Morgan fingerprint density at radius 1 is 1.12 bits per heavy atom. The van der Waals surface area contributed by atoms with Gasteiger partial charge >= 0.3 is 12.1 Å². The molecule has 2 aromatic rings. The van der Waals surface area contributed by atoms with E-state index in [4.69, 9.17) is 5.11 Å². The minimum absolute atomic E-state index is 0.197. The van der Waals surface area contributed by atoms with E-state index in [-0.39, 0.29) is 5.03 Å². The number of nitrogens with one attached hydrogen (secondary N) is 1. The SMILES string of the molecule is C/C=C(\SC(=C(C)CC)c1ccc(F)cc1)[N+](O)(O)Nc1ccc(C(=O)O)cc1C(F)(F)F. The standard InChI is InChI=1S/C22H22F4N2O4S/c1-4-13(3)20(14-6-9-16(23)10-7-14)33-19(5-2)28(31,32)27-18-11-8-15(21(29)30)12-17(18)22(24,25)26/h5-12,27,31-32H,4H2,1-3H3/p+1/b19-5-,20-13?. The molecule has 0 radical (unpaired) electrons. The number of thioether (sulfide) groups is 1. The zero-order chi connectivity index (χ0) is 25.0. The molecule has 2 rings (SSSR count). The predicted octanol–water partition coefficient (Wildman–Crippen LogP) is 6.90. The van der Waals surface area contributed by atoms with E-state index in [2.05, 4.69) is 0 Å². The van der Waals surface area contributed by atoms with Crippen molar-refractivity contribution in [1.82, 2.24) is 0 Å². The highest BCUT2D eigenvalue weighted by atomic mass is 32.2. The Labute approximate surface area is 191 Å². The number of quaternary nitrogens is 1. The molecule has 33 heavy (non-hydrogen) atoms. The van der Waals surface area contributed by atoms with Crippen LogP contribution in [0.5, 0.6) is 0 Å². The van der Waals surface area contributed by atoms with Crippen LogP contribution < -0.4 is 5.43 Å². The number of rotatable bonds is 8. The number of alkyl halides is 3. The molecule has 6 nitrogen and oxygen atoms in total. The molecule has 0 unspecified atom stereocenters. The van der Waals surface area contributed by atoms with Crippen LogP contribution in [0.3, 0.4) is 0 Å². The van der Waals surface area contributed by atoms with Gasteiger partial charge in [0.15, 0.2) is 0 Å². The molecule has 0 saturated carbocycles. The fraction of sp³-hybridized carbons (Fsp3) is 0.227. The van der Waals surface area contributed by atoms with Gasteiger partial charge in [-0.3, -0.25) is 0 Å². The number of carboxylic acid groups (broad SMARTS) is 1. The van der Waals surface area contributed by atoms with Crippen molar-refractivity contribution in [2.75, 3.05) is 5.43 Å². The van der Waals surface area contributed by atoms with Crippen molar-refractivity contribution in [3.8, 4) is 0 Å². The number of hydrogen-bond acceptors (Lipinski definition) is 5. The molecule has 0 atom stereocenters. The van der Waals surface area contributed by atoms with Crippen molar-refractivity contribution in [2.45, 2.75) is 33.4 Å². The molecule has 0 saturated heterocycles. The summed E-state index contributed by atoms with van der Waals surface area (Å²) in [4.78, 5) is 9.49. The molecule has 0 spiro atoms. The predicted molar refractivity (Wildman–Crippen MR) is 116 cm³/mol. The number of carboxylic acids is 1. The lowest BCUT2D eigenvalue weighted by Gasteiger charge is -2.25. The number of halogens is 4.